The highest BCUT2D eigenvalue weighted by Crippen LogP contribution is 2.23. The maximum atomic E-state index is 12.2. The first-order valence-corrected chi connectivity index (χ1v) is 9.98. The highest BCUT2D eigenvalue weighted by Gasteiger charge is 2.12. The van der Waals surface area contributed by atoms with Crippen molar-refractivity contribution in [1.82, 2.24) is 10.2 Å². The molecule has 4 rings (SSSR count). The van der Waals surface area contributed by atoms with E-state index in [1.807, 2.05) is 72.8 Å². The van der Waals surface area contributed by atoms with E-state index in [1.165, 1.54) is 0 Å². The van der Waals surface area contributed by atoms with Crippen LogP contribution in [-0.2, 0) is 11.4 Å². The van der Waals surface area contributed by atoms with Crippen molar-refractivity contribution < 1.29 is 18.7 Å². The average Bonchev–Trinajstić information content (AvgIpc) is 3.31. The third-order valence-electron chi connectivity index (χ3n) is 4.54. The summed E-state index contributed by atoms with van der Waals surface area (Å²) in [7, 11) is 1.59. The van der Waals surface area contributed by atoms with Crippen LogP contribution < -0.4 is 20.1 Å². The molecular formula is C24H22N4O4. The normalized spacial score (nSPS) is 10.4. The standard InChI is InChI=1S/C24H22N4O4/c1-30-21-9-5-8-19(14-21)25-15-22(29)26-24-28-27-23(32-24)18-10-12-20(13-11-18)31-16-17-6-3-2-4-7-17/h2-14,25H,15-16H2,1H3,(H,26,28,29). The van der Waals surface area contributed by atoms with Crippen molar-refractivity contribution in [2.45, 2.75) is 6.61 Å². The molecule has 4 aromatic rings. The van der Waals surface area contributed by atoms with Crippen molar-refractivity contribution in [2.24, 2.45) is 0 Å². The lowest BCUT2D eigenvalue weighted by molar-refractivity contribution is -0.114. The number of nitrogens with zero attached hydrogens (tertiary/aromatic N) is 2. The van der Waals surface area contributed by atoms with Gasteiger partial charge in [-0.1, -0.05) is 41.5 Å². The van der Waals surface area contributed by atoms with E-state index >= 15 is 0 Å². The number of carbonyl (C=O) groups excluding carboxylic acids is 1. The van der Waals surface area contributed by atoms with E-state index in [0.717, 1.165) is 22.6 Å². The fourth-order valence-corrected chi connectivity index (χ4v) is 2.90. The Balaban J connectivity index is 1.29. The molecule has 0 aliphatic heterocycles. The molecule has 0 unspecified atom stereocenters. The van der Waals surface area contributed by atoms with Gasteiger partial charge in [0.2, 0.25) is 11.8 Å². The molecule has 0 radical (unpaired) electrons. The minimum atomic E-state index is -0.312. The number of methoxy groups -OCH3 is 1. The molecule has 1 heterocycles. The number of amides is 1. The Morgan fingerprint density at radius 1 is 0.938 bits per heavy atom. The molecule has 0 saturated carbocycles. The molecule has 0 spiro atoms. The van der Waals surface area contributed by atoms with Crippen LogP contribution in [0.15, 0.2) is 83.3 Å². The second-order valence-corrected chi connectivity index (χ2v) is 6.84. The van der Waals surface area contributed by atoms with Crippen LogP contribution in [0.2, 0.25) is 0 Å². The summed E-state index contributed by atoms with van der Waals surface area (Å²) >= 11 is 0. The van der Waals surface area contributed by atoms with Crippen LogP contribution >= 0.6 is 0 Å². The van der Waals surface area contributed by atoms with E-state index in [2.05, 4.69) is 20.8 Å². The Kier molecular flexibility index (Phi) is 6.62. The quantitative estimate of drug-likeness (QED) is 0.407. The second kappa shape index (κ2) is 10.1. The summed E-state index contributed by atoms with van der Waals surface area (Å²) in [6.07, 6.45) is 0. The molecule has 0 aliphatic carbocycles. The lowest BCUT2D eigenvalue weighted by Crippen LogP contribution is -2.21. The van der Waals surface area contributed by atoms with Crippen molar-refractivity contribution in [3.63, 3.8) is 0 Å². The van der Waals surface area contributed by atoms with Gasteiger partial charge in [-0.25, -0.2) is 0 Å². The first-order chi connectivity index (χ1) is 15.7. The molecule has 32 heavy (non-hydrogen) atoms. The van der Waals surface area contributed by atoms with Crippen molar-refractivity contribution in [1.29, 1.82) is 0 Å². The third kappa shape index (κ3) is 5.63. The Hall–Kier alpha value is -4.33. The Morgan fingerprint density at radius 2 is 1.75 bits per heavy atom. The molecule has 1 amide bonds. The molecule has 2 N–H and O–H groups in total. The average molecular weight is 430 g/mol. The molecule has 0 aliphatic rings. The van der Waals surface area contributed by atoms with Gasteiger partial charge in [-0.3, -0.25) is 10.1 Å². The summed E-state index contributed by atoms with van der Waals surface area (Å²) in [6, 6.07) is 24.6. The maximum Gasteiger partial charge on any atom is 0.322 e. The number of hydrogen-bond donors (Lipinski definition) is 2. The monoisotopic (exact) mass is 430 g/mol. The molecule has 0 bridgehead atoms. The summed E-state index contributed by atoms with van der Waals surface area (Å²) in [4.78, 5) is 12.2. The molecule has 3 aromatic carbocycles. The van der Waals surface area contributed by atoms with E-state index in [-0.39, 0.29) is 18.5 Å². The van der Waals surface area contributed by atoms with Gasteiger partial charge in [0.15, 0.2) is 0 Å². The molecule has 8 heteroatoms. The van der Waals surface area contributed by atoms with Gasteiger partial charge in [0.05, 0.1) is 13.7 Å². The Labute approximate surface area is 185 Å². The minimum Gasteiger partial charge on any atom is -0.497 e. The Morgan fingerprint density at radius 3 is 2.53 bits per heavy atom. The van der Waals surface area contributed by atoms with Gasteiger partial charge in [0.25, 0.3) is 0 Å². The van der Waals surface area contributed by atoms with Crippen molar-refractivity contribution in [2.75, 3.05) is 24.3 Å². The zero-order valence-corrected chi connectivity index (χ0v) is 17.4. The van der Waals surface area contributed by atoms with Crippen LogP contribution in [-0.4, -0.2) is 29.8 Å². The van der Waals surface area contributed by atoms with Crippen LogP contribution in [0.1, 0.15) is 5.56 Å². The molecular weight excluding hydrogens is 408 g/mol. The van der Waals surface area contributed by atoms with E-state index in [4.69, 9.17) is 13.9 Å². The first kappa shape index (κ1) is 20.9. The summed E-state index contributed by atoms with van der Waals surface area (Å²) in [5.74, 6) is 1.42. The van der Waals surface area contributed by atoms with Gasteiger partial charge < -0.3 is 19.2 Å². The van der Waals surface area contributed by atoms with Gasteiger partial charge in [-0.15, -0.1) is 5.10 Å². The van der Waals surface area contributed by atoms with Crippen molar-refractivity contribution >= 4 is 17.6 Å². The van der Waals surface area contributed by atoms with Gasteiger partial charge in [-0.2, -0.15) is 0 Å². The highest BCUT2D eigenvalue weighted by molar-refractivity contribution is 5.92. The SMILES string of the molecule is COc1cccc(NCC(=O)Nc2nnc(-c3ccc(OCc4ccccc4)cc3)o2)c1. The van der Waals surface area contributed by atoms with Crippen LogP contribution in [0.3, 0.4) is 0 Å². The highest BCUT2D eigenvalue weighted by atomic mass is 16.5. The molecule has 0 atom stereocenters. The third-order valence-corrected chi connectivity index (χ3v) is 4.54. The fraction of sp³-hybridized carbons (Fsp3) is 0.125. The van der Waals surface area contributed by atoms with E-state index in [0.29, 0.717) is 18.2 Å². The summed E-state index contributed by atoms with van der Waals surface area (Å²) in [5, 5.41) is 13.5. The largest absolute Gasteiger partial charge is 0.497 e. The topological polar surface area (TPSA) is 98.5 Å². The van der Waals surface area contributed by atoms with E-state index in [1.54, 1.807) is 13.2 Å². The van der Waals surface area contributed by atoms with Gasteiger partial charge in [0.1, 0.15) is 18.1 Å². The number of anilines is 2. The summed E-state index contributed by atoms with van der Waals surface area (Å²) in [5.41, 5.74) is 2.58. The lowest BCUT2D eigenvalue weighted by Gasteiger charge is -2.07. The summed E-state index contributed by atoms with van der Waals surface area (Å²) in [6.45, 7) is 0.527. The molecule has 162 valence electrons. The van der Waals surface area contributed by atoms with Crippen molar-refractivity contribution in [3.8, 4) is 23.0 Å². The fourth-order valence-electron chi connectivity index (χ4n) is 2.90. The number of benzene rings is 3. The first-order valence-electron chi connectivity index (χ1n) is 9.98. The second-order valence-electron chi connectivity index (χ2n) is 6.84. The molecule has 1 aromatic heterocycles. The number of carbonyl (C=O) groups is 1. The lowest BCUT2D eigenvalue weighted by atomic mass is 10.2. The molecule has 0 fully saturated rings. The zero-order chi connectivity index (χ0) is 22.2. The molecule has 0 saturated heterocycles. The zero-order valence-electron chi connectivity index (χ0n) is 17.4. The Bertz CT molecular complexity index is 1160. The number of hydrogen-bond acceptors (Lipinski definition) is 7. The van der Waals surface area contributed by atoms with Gasteiger partial charge in [-0.05, 0) is 42.0 Å². The van der Waals surface area contributed by atoms with Crippen molar-refractivity contribution in [3.05, 3.63) is 84.4 Å². The van der Waals surface area contributed by atoms with Crippen LogP contribution in [0, 0.1) is 0 Å². The van der Waals surface area contributed by atoms with Gasteiger partial charge >= 0.3 is 6.01 Å². The summed E-state index contributed by atoms with van der Waals surface area (Å²) < 4.78 is 16.5. The molecule has 8 nitrogen and oxygen atoms in total. The van der Waals surface area contributed by atoms with E-state index in [9.17, 15) is 4.79 Å². The van der Waals surface area contributed by atoms with Gasteiger partial charge in [0, 0.05) is 17.3 Å². The minimum absolute atomic E-state index is 0.0295. The van der Waals surface area contributed by atoms with Crippen LogP contribution in [0.4, 0.5) is 11.7 Å². The number of rotatable bonds is 9. The number of ether oxygens (including phenoxy) is 2. The number of aromatic nitrogens is 2. The number of nitrogens with one attached hydrogen (secondary N) is 2. The van der Waals surface area contributed by atoms with Crippen LogP contribution in [0.5, 0.6) is 11.5 Å². The van der Waals surface area contributed by atoms with E-state index < -0.39 is 0 Å². The predicted molar refractivity (Wildman–Crippen MR) is 121 cm³/mol. The predicted octanol–water partition coefficient (Wildman–Crippen LogP) is 4.37. The van der Waals surface area contributed by atoms with Crippen LogP contribution in [0.25, 0.3) is 11.5 Å². The smallest absolute Gasteiger partial charge is 0.322 e. The maximum absolute atomic E-state index is 12.2.